The van der Waals surface area contributed by atoms with Gasteiger partial charge in [0, 0.05) is 6.54 Å². The maximum atomic E-state index is 10.6. The molecule has 13 heavy (non-hydrogen) atoms. The number of hydrogen-bond donors (Lipinski definition) is 2. The Bertz CT molecular complexity index is 195. The number of hydrogen-bond acceptors (Lipinski definition) is 5. The third-order valence-corrected chi connectivity index (χ3v) is 1.92. The predicted molar refractivity (Wildman–Crippen MR) is 45.0 cm³/mol. The Morgan fingerprint density at radius 2 is 2.23 bits per heavy atom. The van der Waals surface area contributed by atoms with E-state index in [-0.39, 0.29) is 6.54 Å². The van der Waals surface area contributed by atoms with Gasteiger partial charge < -0.3 is 25.1 Å². The molecule has 1 saturated heterocycles. The third kappa shape index (κ3) is 2.25. The van der Waals surface area contributed by atoms with Crippen LogP contribution in [0.5, 0.6) is 0 Å². The molecule has 76 valence electrons. The van der Waals surface area contributed by atoms with Gasteiger partial charge in [0.15, 0.2) is 12.1 Å². The molecule has 1 aliphatic rings. The molecule has 0 radical (unpaired) electrons. The largest absolute Gasteiger partial charge is 0.389 e. The monoisotopic (exact) mass is 189 g/mol. The predicted octanol–water partition coefficient (Wildman–Crippen LogP) is -0.975. The average molecular weight is 189 g/mol. The molecule has 0 aromatic carbocycles. The first-order valence-corrected chi connectivity index (χ1v) is 4.19. The molecule has 1 rings (SSSR count). The van der Waals surface area contributed by atoms with Crippen LogP contribution in [0.1, 0.15) is 13.8 Å². The zero-order valence-corrected chi connectivity index (χ0v) is 7.77. The lowest BCUT2D eigenvalue weighted by atomic mass is 10.1. The molecule has 1 fully saturated rings. The number of ether oxygens (including phenoxy) is 2. The molecule has 1 aliphatic heterocycles. The Hall–Kier alpha value is -0.490. The molecule has 0 aromatic rings. The summed E-state index contributed by atoms with van der Waals surface area (Å²) in [6, 6.07) is 0. The number of aliphatic hydroxyl groups is 1. The van der Waals surface area contributed by atoms with Gasteiger partial charge in [0.25, 0.3) is 0 Å². The van der Waals surface area contributed by atoms with E-state index in [9.17, 15) is 9.90 Å². The van der Waals surface area contributed by atoms with E-state index < -0.39 is 24.1 Å². The summed E-state index contributed by atoms with van der Waals surface area (Å²) in [5.41, 5.74) is 5.26. The van der Waals surface area contributed by atoms with Gasteiger partial charge in [0.2, 0.25) is 0 Å². The van der Waals surface area contributed by atoms with Crippen LogP contribution >= 0.6 is 0 Å². The quantitative estimate of drug-likeness (QED) is 0.558. The summed E-state index contributed by atoms with van der Waals surface area (Å²) < 4.78 is 10.5. The molecule has 0 bridgehead atoms. The number of carbonyl (C=O) groups excluding carboxylic acids is 1. The molecule has 0 saturated carbocycles. The number of aliphatic hydroxyl groups excluding tert-OH is 1. The highest BCUT2D eigenvalue weighted by Crippen LogP contribution is 2.28. The first-order valence-electron chi connectivity index (χ1n) is 4.19. The van der Waals surface area contributed by atoms with Crippen LogP contribution in [-0.4, -0.2) is 42.0 Å². The molecule has 0 amide bonds. The van der Waals surface area contributed by atoms with Crippen molar-refractivity contribution in [2.24, 2.45) is 5.73 Å². The summed E-state index contributed by atoms with van der Waals surface area (Å²) in [4.78, 5) is 10.6. The van der Waals surface area contributed by atoms with E-state index in [4.69, 9.17) is 15.2 Å². The van der Waals surface area contributed by atoms with E-state index >= 15 is 0 Å². The summed E-state index contributed by atoms with van der Waals surface area (Å²) in [5, 5.41) is 9.40. The lowest BCUT2D eigenvalue weighted by Gasteiger charge is -2.19. The molecule has 3 N–H and O–H groups in total. The van der Waals surface area contributed by atoms with Gasteiger partial charge in [0.05, 0.1) is 6.10 Å². The van der Waals surface area contributed by atoms with Crippen molar-refractivity contribution in [3.63, 3.8) is 0 Å². The van der Waals surface area contributed by atoms with E-state index in [1.165, 1.54) is 0 Å². The molecular weight excluding hydrogens is 174 g/mol. The fourth-order valence-corrected chi connectivity index (χ4v) is 1.35. The van der Waals surface area contributed by atoms with Crippen LogP contribution in [-0.2, 0) is 14.3 Å². The summed E-state index contributed by atoms with van der Waals surface area (Å²) >= 11 is 0. The summed E-state index contributed by atoms with van der Waals surface area (Å²) in [7, 11) is 0. The van der Waals surface area contributed by atoms with E-state index in [2.05, 4.69) is 0 Å². The molecule has 0 unspecified atom stereocenters. The Morgan fingerprint density at radius 3 is 2.69 bits per heavy atom. The van der Waals surface area contributed by atoms with Crippen molar-refractivity contribution < 1.29 is 19.4 Å². The maximum absolute atomic E-state index is 10.6. The van der Waals surface area contributed by atoms with Gasteiger partial charge in [-0.25, -0.2) is 0 Å². The fourth-order valence-electron chi connectivity index (χ4n) is 1.35. The average Bonchev–Trinajstić information content (AvgIpc) is 2.39. The van der Waals surface area contributed by atoms with Crippen LogP contribution in [0.4, 0.5) is 0 Å². The Labute approximate surface area is 76.8 Å². The van der Waals surface area contributed by atoms with Gasteiger partial charge in [-0.15, -0.1) is 0 Å². The zero-order valence-electron chi connectivity index (χ0n) is 7.77. The standard InChI is InChI=1S/C8H15NO4/c1-8(2)12-6(4-10)7(13-8)5(11)3-9/h4-7,11H,3,9H2,1-2H3/t5-,6+,7-/m0/s1. The Kier molecular flexibility index (Phi) is 3.02. The molecule has 5 heteroatoms. The van der Waals surface area contributed by atoms with Crippen LogP contribution in [0, 0.1) is 0 Å². The second kappa shape index (κ2) is 3.71. The number of aldehydes is 1. The summed E-state index contributed by atoms with van der Waals surface area (Å²) in [6.07, 6.45) is -1.62. The minimum Gasteiger partial charge on any atom is -0.389 e. The van der Waals surface area contributed by atoms with E-state index in [0.29, 0.717) is 6.29 Å². The molecule has 0 aromatic heterocycles. The topological polar surface area (TPSA) is 81.8 Å². The van der Waals surface area contributed by atoms with E-state index in [0.717, 1.165) is 0 Å². The first-order chi connectivity index (χ1) is 6.00. The first kappa shape index (κ1) is 10.6. The van der Waals surface area contributed by atoms with Crippen molar-refractivity contribution in [2.45, 2.75) is 37.9 Å². The van der Waals surface area contributed by atoms with E-state index in [1.54, 1.807) is 13.8 Å². The van der Waals surface area contributed by atoms with Crippen LogP contribution in [0.25, 0.3) is 0 Å². The minimum absolute atomic E-state index is 0.0500. The van der Waals surface area contributed by atoms with Crippen molar-refractivity contribution >= 4 is 6.29 Å². The zero-order chi connectivity index (χ0) is 10.1. The van der Waals surface area contributed by atoms with Crippen molar-refractivity contribution in [3.8, 4) is 0 Å². The minimum atomic E-state index is -0.864. The van der Waals surface area contributed by atoms with Gasteiger partial charge >= 0.3 is 0 Å². The second-order valence-corrected chi connectivity index (χ2v) is 3.50. The molecule has 0 aliphatic carbocycles. The van der Waals surface area contributed by atoms with Crippen molar-refractivity contribution in [2.75, 3.05) is 6.54 Å². The number of nitrogens with two attached hydrogens (primary N) is 1. The maximum Gasteiger partial charge on any atom is 0.164 e. The van der Waals surface area contributed by atoms with Crippen molar-refractivity contribution in [1.82, 2.24) is 0 Å². The molecule has 1 heterocycles. The van der Waals surface area contributed by atoms with Crippen molar-refractivity contribution in [1.29, 1.82) is 0 Å². The van der Waals surface area contributed by atoms with Gasteiger partial charge in [0.1, 0.15) is 12.2 Å². The fraction of sp³-hybridized carbons (Fsp3) is 0.875. The molecule has 3 atom stereocenters. The lowest BCUT2D eigenvalue weighted by Crippen LogP contribution is -2.40. The van der Waals surface area contributed by atoms with Gasteiger partial charge in [-0.3, -0.25) is 0 Å². The van der Waals surface area contributed by atoms with Gasteiger partial charge in [-0.2, -0.15) is 0 Å². The van der Waals surface area contributed by atoms with Crippen LogP contribution in [0.3, 0.4) is 0 Å². The number of rotatable bonds is 3. The second-order valence-electron chi connectivity index (χ2n) is 3.50. The highest BCUT2D eigenvalue weighted by atomic mass is 16.8. The highest BCUT2D eigenvalue weighted by molar-refractivity contribution is 5.58. The third-order valence-electron chi connectivity index (χ3n) is 1.92. The Balaban J connectivity index is 2.68. The SMILES string of the molecule is CC1(C)O[C@@H]([C@@H](O)CN)[C@@H](C=O)O1. The molecule has 0 spiro atoms. The molecular formula is C8H15NO4. The van der Waals surface area contributed by atoms with E-state index in [1.807, 2.05) is 0 Å². The van der Waals surface area contributed by atoms with Crippen LogP contribution in [0.2, 0.25) is 0 Å². The lowest BCUT2D eigenvalue weighted by molar-refractivity contribution is -0.156. The van der Waals surface area contributed by atoms with Gasteiger partial charge in [-0.05, 0) is 13.8 Å². The smallest absolute Gasteiger partial charge is 0.164 e. The summed E-state index contributed by atoms with van der Waals surface area (Å²) in [5.74, 6) is -0.827. The van der Waals surface area contributed by atoms with Crippen LogP contribution < -0.4 is 5.73 Å². The summed E-state index contributed by atoms with van der Waals surface area (Å²) in [6.45, 7) is 3.42. The Morgan fingerprint density at radius 1 is 1.62 bits per heavy atom. The van der Waals surface area contributed by atoms with Crippen LogP contribution in [0.15, 0.2) is 0 Å². The van der Waals surface area contributed by atoms with Crippen molar-refractivity contribution in [3.05, 3.63) is 0 Å². The number of carbonyl (C=O) groups is 1. The highest BCUT2D eigenvalue weighted by Gasteiger charge is 2.44. The van der Waals surface area contributed by atoms with Gasteiger partial charge in [-0.1, -0.05) is 0 Å². The molecule has 5 nitrogen and oxygen atoms in total. The normalized spacial score (nSPS) is 34.5.